The Morgan fingerprint density at radius 2 is 2.22 bits per heavy atom. The van der Waals surface area contributed by atoms with E-state index in [4.69, 9.17) is 4.52 Å². The summed E-state index contributed by atoms with van der Waals surface area (Å²) in [5.74, 6) is -0.854. The average molecular weight is 315 g/mol. The zero-order valence-corrected chi connectivity index (χ0v) is 10.2. The van der Waals surface area contributed by atoms with Crippen molar-refractivity contribution in [2.45, 2.75) is 0 Å². The summed E-state index contributed by atoms with van der Waals surface area (Å²) >= 11 is 2.95. The first-order valence-electron chi connectivity index (χ1n) is 4.59. The fourth-order valence-electron chi connectivity index (χ4n) is 1.38. The summed E-state index contributed by atoms with van der Waals surface area (Å²) in [6.07, 6.45) is 0.455. The first-order valence-corrected chi connectivity index (χ1v) is 5.38. The summed E-state index contributed by atoms with van der Waals surface area (Å²) in [6.45, 7) is 0. The van der Waals surface area contributed by atoms with E-state index < -0.39 is 10.7 Å². The number of nitro benzene ring substituents is 1. The number of aldehydes is 1. The number of carbonyl (C=O) groups excluding carboxylic acids is 1. The molecular formula is C10H4BrFN2O4. The molecule has 0 bridgehead atoms. The molecule has 1 aromatic carbocycles. The number of nitro groups is 1. The summed E-state index contributed by atoms with van der Waals surface area (Å²) < 4.78 is 18.5. The summed E-state index contributed by atoms with van der Waals surface area (Å²) in [4.78, 5) is 20.6. The standard InChI is InChI=1S/C10H4BrFN2O4/c11-10-7(4-15)9(13-18-10)6-2-1-5(14(16)17)3-8(6)12/h1-4H. The van der Waals surface area contributed by atoms with Gasteiger partial charge in [-0.3, -0.25) is 14.9 Å². The SMILES string of the molecule is O=Cc1c(-c2ccc([N+](=O)[O-])cc2F)noc1Br. The predicted octanol–water partition coefficient (Wildman–Crippen LogP) is 2.96. The van der Waals surface area contributed by atoms with Gasteiger partial charge in [-0.25, -0.2) is 4.39 Å². The summed E-state index contributed by atoms with van der Waals surface area (Å²) in [5.41, 5.74) is -0.393. The minimum Gasteiger partial charge on any atom is -0.348 e. The van der Waals surface area contributed by atoms with Gasteiger partial charge in [-0.05, 0) is 22.0 Å². The molecule has 0 saturated heterocycles. The van der Waals surface area contributed by atoms with Gasteiger partial charge in [-0.15, -0.1) is 0 Å². The Kier molecular flexibility index (Phi) is 3.19. The van der Waals surface area contributed by atoms with Gasteiger partial charge in [0.15, 0.2) is 6.29 Å². The highest BCUT2D eigenvalue weighted by atomic mass is 79.9. The minimum absolute atomic E-state index is 0.00993. The molecular weight excluding hydrogens is 311 g/mol. The highest BCUT2D eigenvalue weighted by molar-refractivity contribution is 9.10. The van der Waals surface area contributed by atoms with Crippen LogP contribution in [0, 0.1) is 15.9 Å². The molecule has 0 fully saturated rings. The Bertz CT molecular complexity index is 641. The van der Waals surface area contributed by atoms with Gasteiger partial charge >= 0.3 is 0 Å². The second kappa shape index (κ2) is 4.65. The van der Waals surface area contributed by atoms with Crippen LogP contribution in [0.25, 0.3) is 11.3 Å². The topological polar surface area (TPSA) is 86.2 Å². The van der Waals surface area contributed by atoms with Gasteiger partial charge in [0.2, 0.25) is 4.67 Å². The van der Waals surface area contributed by atoms with E-state index in [9.17, 15) is 19.3 Å². The third-order valence-electron chi connectivity index (χ3n) is 2.22. The molecule has 0 aliphatic rings. The second-order valence-electron chi connectivity index (χ2n) is 3.26. The number of rotatable bonds is 3. The summed E-state index contributed by atoms with van der Waals surface area (Å²) in [7, 11) is 0. The van der Waals surface area contributed by atoms with E-state index in [-0.39, 0.29) is 27.2 Å². The number of non-ortho nitro benzene ring substituents is 1. The van der Waals surface area contributed by atoms with Crippen molar-refractivity contribution in [1.29, 1.82) is 0 Å². The van der Waals surface area contributed by atoms with E-state index in [1.807, 2.05) is 0 Å². The normalized spacial score (nSPS) is 10.3. The number of aromatic nitrogens is 1. The largest absolute Gasteiger partial charge is 0.348 e. The molecule has 0 unspecified atom stereocenters. The second-order valence-corrected chi connectivity index (χ2v) is 3.98. The van der Waals surface area contributed by atoms with Crippen molar-refractivity contribution in [2.24, 2.45) is 0 Å². The molecule has 92 valence electrons. The highest BCUT2D eigenvalue weighted by Crippen LogP contribution is 2.30. The number of hydrogen-bond acceptors (Lipinski definition) is 5. The smallest absolute Gasteiger partial charge is 0.272 e. The Labute approximate surface area is 108 Å². The monoisotopic (exact) mass is 314 g/mol. The van der Waals surface area contributed by atoms with E-state index in [1.165, 1.54) is 6.07 Å². The van der Waals surface area contributed by atoms with E-state index in [0.29, 0.717) is 6.29 Å². The highest BCUT2D eigenvalue weighted by Gasteiger charge is 2.20. The molecule has 18 heavy (non-hydrogen) atoms. The molecule has 1 heterocycles. The van der Waals surface area contributed by atoms with Crippen molar-refractivity contribution in [3.8, 4) is 11.3 Å². The van der Waals surface area contributed by atoms with Crippen LogP contribution in [0.4, 0.5) is 10.1 Å². The fraction of sp³-hybridized carbons (Fsp3) is 0. The van der Waals surface area contributed by atoms with Crippen molar-refractivity contribution < 1.29 is 18.6 Å². The molecule has 0 saturated carbocycles. The lowest BCUT2D eigenvalue weighted by Crippen LogP contribution is -1.93. The number of nitrogens with zero attached hydrogens (tertiary/aromatic N) is 2. The molecule has 0 atom stereocenters. The molecule has 0 aliphatic heterocycles. The molecule has 0 amide bonds. The van der Waals surface area contributed by atoms with Crippen LogP contribution in [-0.4, -0.2) is 16.4 Å². The lowest BCUT2D eigenvalue weighted by atomic mass is 10.1. The maximum Gasteiger partial charge on any atom is 0.272 e. The molecule has 0 N–H and O–H groups in total. The maximum absolute atomic E-state index is 13.7. The van der Waals surface area contributed by atoms with Crippen molar-refractivity contribution in [2.75, 3.05) is 0 Å². The molecule has 8 heteroatoms. The zero-order valence-electron chi connectivity index (χ0n) is 8.59. The molecule has 1 aromatic heterocycles. The van der Waals surface area contributed by atoms with Crippen LogP contribution >= 0.6 is 15.9 Å². The maximum atomic E-state index is 13.7. The summed E-state index contributed by atoms with van der Waals surface area (Å²) in [6, 6.07) is 3.05. The predicted molar refractivity (Wildman–Crippen MR) is 61.6 cm³/mol. The molecule has 0 radical (unpaired) electrons. The first kappa shape index (κ1) is 12.4. The fourth-order valence-corrected chi connectivity index (χ4v) is 1.74. The number of hydrogen-bond donors (Lipinski definition) is 0. The third-order valence-corrected chi connectivity index (χ3v) is 2.79. The third kappa shape index (κ3) is 2.02. The van der Waals surface area contributed by atoms with E-state index in [0.717, 1.165) is 12.1 Å². The quantitative estimate of drug-likeness (QED) is 0.494. The Hall–Kier alpha value is -2.09. The van der Waals surface area contributed by atoms with Gasteiger partial charge in [0.25, 0.3) is 5.69 Å². The molecule has 2 rings (SSSR count). The van der Waals surface area contributed by atoms with Crippen LogP contribution < -0.4 is 0 Å². The number of benzene rings is 1. The lowest BCUT2D eigenvalue weighted by molar-refractivity contribution is -0.385. The van der Waals surface area contributed by atoms with Gasteiger partial charge in [0, 0.05) is 11.6 Å². The van der Waals surface area contributed by atoms with Crippen molar-refractivity contribution in [1.82, 2.24) is 5.16 Å². The van der Waals surface area contributed by atoms with E-state index >= 15 is 0 Å². The average Bonchev–Trinajstić information content (AvgIpc) is 2.70. The zero-order chi connectivity index (χ0) is 13.3. The van der Waals surface area contributed by atoms with Gasteiger partial charge in [-0.1, -0.05) is 5.16 Å². The summed E-state index contributed by atoms with van der Waals surface area (Å²) in [5, 5.41) is 14.0. The molecule has 6 nitrogen and oxygen atoms in total. The molecule has 0 spiro atoms. The van der Waals surface area contributed by atoms with Gasteiger partial charge in [0.05, 0.1) is 16.6 Å². The van der Waals surface area contributed by atoms with Crippen LogP contribution in [0.1, 0.15) is 10.4 Å². The minimum atomic E-state index is -0.854. The van der Waals surface area contributed by atoms with Gasteiger partial charge in [0.1, 0.15) is 11.5 Å². The van der Waals surface area contributed by atoms with Crippen LogP contribution in [-0.2, 0) is 0 Å². The van der Waals surface area contributed by atoms with Gasteiger partial charge in [-0.2, -0.15) is 0 Å². The van der Waals surface area contributed by atoms with Crippen LogP contribution in [0.3, 0.4) is 0 Å². The Balaban J connectivity index is 2.58. The van der Waals surface area contributed by atoms with Crippen LogP contribution in [0.5, 0.6) is 0 Å². The van der Waals surface area contributed by atoms with Crippen LogP contribution in [0.15, 0.2) is 27.4 Å². The number of carbonyl (C=O) groups is 1. The Morgan fingerprint density at radius 1 is 1.50 bits per heavy atom. The Morgan fingerprint density at radius 3 is 2.78 bits per heavy atom. The van der Waals surface area contributed by atoms with Crippen molar-refractivity contribution >= 4 is 27.9 Å². The van der Waals surface area contributed by atoms with Crippen LogP contribution in [0.2, 0.25) is 0 Å². The lowest BCUT2D eigenvalue weighted by Gasteiger charge is -1.99. The molecule has 0 aliphatic carbocycles. The van der Waals surface area contributed by atoms with Gasteiger partial charge < -0.3 is 4.52 Å². The van der Waals surface area contributed by atoms with Crippen molar-refractivity contribution in [3.63, 3.8) is 0 Å². The van der Waals surface area contributed by atoms with Crippen molar-refractivity contribution in [3.05, 3.63) is 44.4 Å². The number of halogens is 2. The first-order chi connectivity index (χ1) is 8.54. The van der Waals surface area contributed by atoms with E-state index in [1.54, 1.807) is 0 Å². The van der Waals surface area contributed by atoms with E-state index in [2.05, 4.69) is 21.1 Å². The molecule has 2 aromatic rings.